The van der Waals surface area contributed by atoms with Crippen molar-refractivity contribution in [3.63, 3.8) is 0 Å². The highest BCUT2D eigenvalue weighted by Gasteiger charge is 2.12. The number of nitrogens with zero attached hydrogens (tertiary/aromatic N) is 4. The van der Waals surface area contributed by atoms with Gasteiger partial charge in [-0.3, -0.25) is 4.79 Å². The van der Waals surface area contributed by atoms with Crippen molar-refractivity contribution < 1.29 is 14.6 Å². The normalized spacial score (nSPS) is 10.7. The van der Waals surface area contributed by atoms with E-state index in [1.807, 2.05) is 47.9 Å². The Morgan fingerprint density at radius 1 is 1.20 bits per heavy atom. The minimum atomic E-state index is -0.957. The molecule has 0 saturated carbocycles. The first-order valence-corrected chi connectivity index (χ1v) is 11.3. The second kappa shape index (κ2) is 10.8. The minimum Gasteiger partial charge on any atom is -0.492 e. The number of ether oxygens (including phenoxy) is 1. The predicted molar refractivity (Wildman–Crippen MR) is 135 cm³/mol. The van der Waals surface area contributed by atoms with Gasteiger partial charge in [0.15, 0.2) is 0 Å². The predicted octanol–water partition coefficient (Wildman–Crippen LogP) is 4.63. The molecule has 0 fully saturated rings. The lowest BCUT2D eigenvalue weighted by Crippen LogP contribution is -2.13. The smallest absolute Gasteiger partial charge is 0.322 e. The summed E-state index contributed by atoms with van der Waals surface area (Å²) in [5.41, 5.74) is 3.53. The Kier molecular flexibility index (Phi) is 7.33. The minimum absolute atomic E-state index is 0.211. The van der Waals surface area contributed by atoms with Gasteiger partial charge in [0.05, 0.1) is 23.5 Å². The molecule has 0 saturated heterocycles. The molecule has 10 heteroatoms. The Hall–Kier alpha value is -4.29. The summed E-state index contributed by atoms with van der Waals surface area (Å²) in [5.74, 6) is 0.219. The SMILES string of the molecule is CCOc1cc(-c2cc(NCCn3c(C#N)cc4c(Cl)cccc43)ncn2)ccc1NCC(=O)O. The Bertz CT molecular complexity index is 1410. The first-order valence-electron chi connectivity index (χ1n) is 11.0. The lowest BCUT2D eigenvalue weighted by Gasteiger charge is -2.13. The molecule has 0 aliphatic carbocycles. The van der Waals surface area contributed by atoms with Crippen molar-refractivity contribution in [2.45, 2.75) is 13.5 Å². The van der Waals surface area contributed by atoms with Gasteiger partial charge in [-0.05, 0) is 37.3 Å². The molecular weight excluding hydrogens is 468 g/mol. The fourth-order valence-corrected chi connectivity index (χ4v) is 3.99. The average molecular weight is 491 g/mol. The average Bonchev–Trinajstić information content (AvgIpc) is 3.22. The van der Waals surface area contributed by atoms with Crippen LogP contribution in [0.3, 0.4) is 0 Å². The summed E-state index contributed by atoms with van der Waals surface area (Å²) in [6, 6.07) is 16.9. The molecule has 2 heterocycles. The number of anilines is 2. The number of carbonyl (C=O) groups is 1. The molecule has 9 nitrogen and oxygen atoms in total. The Morgan fingerprint density at radius 2 is 2.06 bits per heavy atom. The summed E-state index contributed by atoms with van der Waals surface area (Å²) >= 11 is 6.28. The van der Waals surface area contributed by atoms with E-state index in [1.54, 1.807) is 12.1 Å². The van der Waals surface area contributed by atoms with Crippen molar-refractivity contribution in [1.29, 1.82) is 5.26 Å². The third kappa shape index (κ3) is 5.45. The lowest BCUT2D eigenvalue weighted by molar-refractivity contribution is -0.134. The van der Waals surface area contributed by atoms with Crippen LogP contribution in [0.25, 0.3) is 22.2 Å². The van der Waals surface area contributed by atoms with Crippen molar-refractivity contribution in [2.75, 3.05) is 30.3 Å². The van der Waals surface area contributed by atoms with Gasteiger partial charge in [0, 0.05) is 35.1 Å². The Balaban J connectivity index is 1.50. The third-order valence-electron chi connectivity index (χ3n) is 5.32. The van der Waals surface area contributed by atoms with E-state index >= 15 is 0 Å². The molecule has 0 atom stereocenters. The molecule has 178 valence electrons. The van der Waals surface area contributed by atoms with Crippen LogP contribution in [0.15, 0.2) is 54.9 Å². The molecule has 0 bridgehead atoms. The van der Waals surface area contributed by atoms with Gasteiger partial charge in [-0.2, -0.15) is 5.26 Å². The van der Waals surface area contributed by atoms with E-state index in [1.165, 1.54) is 6.33 Å². The quantitative estimate of drug-likeness (QED) is 0.294. The van der Waals surface area contributed by atoms with Crippen LogP contribution in [0.2, 0.25) is 5.02 Å². The number of nitrogens with one attached hydrogen (secondary N) is 2. The number of halogens is 1. The summed E-state index contributed by atoms with van der Waals surface area (Å²) in [5, 5.41) is 26.1. The van der Waals surface area contributed by atoms with E-state index in [0.29, 0.717) is 53.4 Å². The van der Waals surface area contributed by atoms with Gasteiger partial charge in [-0.1, -0.05) is 23.7 Å². The van der Waals surface area contributed by atoms with Crippen molar-refractivity contribution in [1.82, 2.24) is 14.5 Å². The number of hydrogen-bond donors (Lipinski definition) is 3. The van der Waals surface area contributed by atoms with Crippen LogP contribution >= 0.6 is 11.6 Å². The molecule has 2 aromatic carbocycles. The zero-order valence-corrected chi connectivity index (χ0v) is 19.7. The van der Waals surface area contributed by atoms with Gasteiger partial charge < -0.3 is 25.0 Å². The van der Waals surface area contributed by atoms with E-state index in [4.69, 9.17) is 21.4 Å². The molecule has 0 radical (unpaired) electrons. The maximum absolute atomic E-state index is 10.9. The Labute approximate surface area is 207 Å². The Morgan fingerprint density at radius 3 is 2.83 bits per heavy atom. The molecule has 2 aromatic heterocycles. The van der Waals surface area contributed by atoms with E-state index in [9.17, 15) is 10.1 Å². The van der Waals surface area contributed by atoms with Crippen LogP contribution in [0.1, 0.15) is 12.6 Å². The third-order valence-corrected chi connectivity index (χ3v) is 5.65. The number of aromatic nitrogens is 3. The van der Waals surface area contributed by atoms with E-state index in [0.717, 1.165) is 16.5 Å². The molecule has 4 aromatic rings. The second-order valence-corrected chi connectivity index (χ2v) is 7.98. The summed E-state index contributed by atoms with van der Waals surface area (Å²) in [6.07, 6.45) is 1.47. The lowest BCUT2D eigenvalue weighted by atomic mass is 10.1. The summed E-state index contributed by atoms with van der Waals surface area (Å²) < 4.78 is 7.60. The van der Waals surface area contributed by atoms with Crippen molar-refractivity contribution in [3.8, 4) is 23.1 Å². The number of nitriles is 1. The first kappa shape index (κ1) is 23.9. The summed E-state index contributed by atoms with van der Waals surface area (Å²) in [6.45, 7) is 3.16. The van der Waals surface area contributed by atoms with Gasteiger partial charge in [0.1, 0.15) is 36.2 Å². The standard InChI is InChI=1S/C25H23ClN6O3/c1-2-35-23-10-16(6-7-20(23)29-14-25(33)34)21-12-24(31-15-30-21)28-8-9-32-17(13-27)11-18-19(26)4-3-5-22(18)32/h3-7,10-12,15,29H,2,8-9,14H2,1H3,(H,33,34)(H,28,30,31). The van der Waals surface area contributed by atoms with Crippen LogP contribution in [0.4, 0.5) is 11.5 Å². The summed E-state index contributed by atoms with van der Waals surface area (Å²) in [4.78, 5) is 19.6. The number of hydrogen-bond acceptors (Lipinski definition) is 7. The van der Waals surface area contributed by atoms with Gasteiger partial charge in [0.2, 0.25) is 0 Å². The molecule has 0 aliphatic heterocycles. The van der Waals surface area contributed by atoms with Crippen molar-refractivity contribution >= 4 is 40.0 Å². The molecule has 35 heavy (non-hydrogen) atoms. The fraction of sp³-hybridized carbons (Fsp3) is 0.200. The number of aliphatic carboxylic acids is 1. The van der Waals surface area contributed by atoms with Crippen LogP contribution in [0.5, 0.6) is 5.75 Å². The largest absolute Gasteiger partial charge is 0.492 e. The number of benzene rings is 2. The maximum Gasteiger partial charge on any atom is 0.322 e. The van der Waals surface area contributed by atoms with Crippen LogP contribution in [-0.2, 0) is 11.3 Å². The van der Waals surface area contributed by atoms with E-state index < -0.39 is 5.97 Å². The number of rotatable bonds is 10. The summed E-state index contributed by atoms with van der Waals surface area (Å²) in [7, 11) is 0. The molecule has 0 amide bonds. The van der Waals surface area contributed by atoms with Crippen LogP contribution < -0.4 is 15.4 Å². The molecule has 0 aliphatic rings. The highest BCUT2D eigenvalue weighted by molar-refractivity contribution is 6.35. The number of fused-ring (bicyclic) bond motifs is 1. The molecule has 0 spiro atoms. The van der Waals surface area contributed by atoms with Crippen molar-refractivity contribution in [2.24, 2.45) is 0 Å². The maximum atomic E-state index is 10.9. The van der Waals surface area contributed by atoms with E-state index in [-0.39, 0.29) is 6.54 Å². The monoisotopic (exact) mass is 490 g/mol. The molecular formula is C25H23ClN6O3. The molecule has 0 unspecified atom stereocenters. The first-order chi connectivity index (χ1) is 17.0. The molecule has 4 rings (SSSR count). The fourth-order valence-electron chi connectivity index (χ4n) is 3.76. The zero-order valence-electron chi connectivity index (χ0n) is 19.0. The zero-order chi connectivity index (χ0) is 24.8. The highest BCUT2D eigenvalue weighted by Crippen LogP contribution is 2.31. The highest BCUT2D eigenvalue weighted by atomic mass is 35.5. The van der Waals surface area contributed by atoms with Gasteiger partial charge in [-0.25, -0.2) is 9.97 Å². The van der Waals surface area contributed by atoms with Crippen LogP contribution in [-0.4, -0.2) is 45.3 Å². The van der Waals surface area contributed by atoms with Crippen LogP contribution in [0, 0.1) is 11.3 Å². The number of carboxylic acids is 1. The molecule has 3 N–H and O–H groups in total. The topological polar surface area (TPSA) is 125 Å². The van der Waals surface area contributed by atoms with Gasteiger partial charge >= 0.3 is 5.97 Å². The second-order valence-electron chi connectivity index (χ2n) is 7.57. The van der Waals surface area contributed by atoms with E-state index in [2.05, 4.69) is 26.7 Å². The number of carboxylic acid groups (broad SMARTS) is 1. The van der Waals surface area contributed by atoms with Gasteiger partial charge in [-0.15, -0.1) is 0 Å². The van der Waals surface area contributed by atoms with Crippen molar-refractivity contribution in [3.05, 3.63) is 65.6 Å². The van der Waals surface area contributed by atoms with Gasteiger partial charge in [0.25, 0.3) is 0 Å².